The summed E-state index contributed by atoms with van der Waals surface area (Å²) >= 11 is 0. The summed E-state index contributed by atoms with van der Waals surface area (Å²) in [5, 5.41) is 22.8. The van der Waals surface area contributed by atoms with E-state index in [9.17, 15) is 15.0 Å². The maximum absolute atomic E-state index is 13.0. The molecule has 7 bridgehead atoms. The fourth-order valence-corrected chi connectivity index (χ4v) is 9.75. The van der Waals surface area contributed by atoms with Gasteiger partial charge in [0, 0.05) is 35.8 Å². The summed E-state index contributed by atoms with van der Waals surface area (Å²) in [7, 11) is 0. The van der Waals surface area contributed by atoms with E-state index in [4.69, 9.17) is 0 Å². The number of hydrogen-bond donors (Lipinski definition) is 2. The lowest BCUT2D eigenvalue weighted by molar-refractivity contribution is -0.211. The molecule has 5 saturated carbocycles. The number of piperidine rings is 1. The van der Waals surface area contributed by atoms with Gasteiger partial charge in [0.05, 0.1) is 12.2 Å². The van der Waals surface area contributed by atoms with Gasteiger partial charge in [0.1, 0.15) is 5.78 Å². The van der Waals surface area contributed by atoms with Gasteiger partial charge < -0.3 is 10.2 Å². The monoisotopic (exact) mass is 357 g/mol. The molecule has 10 atom stereocenters. The summed E-state index contributed by atoms with van der Waals surface area (Å²) < 4.78 is 0. The van der Waals surface area contributed by atoms with E-state index in [-0.39, 0.29) is 40.0 Å². The first kappa shape index (κ1) is 16.3. The second-order valence-electron chi connectivity index (χ2n) is 10.7. The first-order valence-corrected chi connectivity index (χ1v) is 10.6. The average molecular weight is 357 g/mol. The van der Waals surface area contributed by atoms with Gasteiger partial charge >= 0.3 is 0 Å². The smallest absolute Gasteiger partial charge is 0.140 e. The lowest BCUT2D eigenvalue weighted by Crippen LogP contribution is -2.68. The zero-order valence-electron chi connectivity index (χ0n) is 15.9. The lowest BCUT2D eigenvalue weighted by atomic mass is 9.43. The molecule has 5 aliphatic carbocycles. The molecular weight excluding hydrogens is 326 g/mol. The Hall–Kier alpha value is -0.710. The van der Waals surface area contributed by atoms with Crippen molar-refractivity contribution in [2.75, 3.05) is 13.1 Å². The molecule has 2 spiro atoms. The third-order valence-electron chi connectivity index (χ3n) is 10.4. The summed E-state index contributed by atoms with van der Waals surface area (Å²) in [5.74, 6) is 1.16. The Kier molecular flexibility index (Phi) is 2.80. The molecule has 4 heteroatoms. The Bertz CT molecular complexity index is 735. The van der Waals surface area contributed by atoms with E-state index in [2.05, 4.69) is 25.3 Å². The molecule has 26 heavy (non-hydrogen) atoms. The van der Waals surface area contributed by atoms with Crippen LogP contribution in [0, 0.1) is 39.9 Å². The minimum absolute atomic E-state index is 0.130. The number of carbonyl (C=O) groups excluding carboxylic acids is 1. The number of likely N-dealkylation sites (tertiary alicyclic amines) is 1. The van der Waals surface area contributed by atoms with Crippen molar-refractivity contribution in [2.24, 2.45) is 39.9 Å². The van der Waals surface area contributed by atoms with Crippen LogP contribution in [0.1, 0.15) is 46.0 Å². The predicted molar refractivity (Wildman–Crippen MR) is 97.2 cm³/mol. The molecular formula is C22H31NO3. The Morgan fingerprint density at radius 1 is 1.31 bits per heavy atom. The van der Waals surface area contributed by atoms with Gasteiger partial charge in [0.2, 0.25) is 0 Å². The van der Waals surface area contributed by atoms with Crippen LogP contribution in [0.4, 0.5) is 0 Å². The second kappa shape index (κ2) is 4.47. The SMILES string of the molecule is C=C1C2CC3(C(CC2=O)[C@]24C5C[C@H]3[C@H]2N(CC)C[C@@]5(C)CC[C@@H]4O)[C@@H]1O. The first-order chi connectivity index (χ1) is 12.3. The van der Waals surface area contributed by atoms with Gasteiger partial charge in [0.25, 0.3) is 0 Å². The molecule has 142 valence electrons. The van der Waals surface area contributed by atoms with Gasteiger partial charge in [-0.1, -0.05) is 20.4 Å². The van der Waals surface area contributed by atoms with E-state index < -0.39 is 6.10 Å². The van der Waals surface area contributed by atoms with Crippen molar-refractivity contribution >= 4 is 5.78 Å². The van der Waals surface area contributed by atoms with Crippen molar-refractivity contribution in [3.05, 3.63) is 12.2 Å². The molecule has 2 N–H and O–H groups in total. The molecule has 1 heterocycles. The highest BCUT2D eigenvalue weighted by atomic mass is 16.3. The van der Waals surface area contributed by atoms with Gasteiger partial charge in [-0.25, -0.2) is 0 Å². The number of nitrogens with zero attached hydrogens (tertiary/aromatic N) is 1. The normalized spacial score (nSPS) is 62.7. The predicted octanol–water partition coefficient (Wildman–Crippen LogP) is 2.00. The summed E-state index contributed by atoms with van der Waals surface area (Å²) in [6, 6.07) is 0.331. The van der Waals surface area contributed by atoms with Gasteiger partial charge in [-0.2, -0.15) is 0 Å². The molecule has 0 aromatic heterocycles. The quantitative estimate of drug-likeness (QED) is 0.705. The van der Waals surface area contributed by atoms with E-state index in [1.807, 2.05) is 0 Å². The summed E-state index contributed by atoms with van der Waals surface area (Å²) in [4.78, 5) is 15.6. The Labute approximate surface area is 155 Å². The molecule has 6 aliphatic rings. The highest BCUT2D eigenvalue weighted by molar-refractivity contribution is 5.87. The summed E-state index contributed by atoms with van der Waals surface area (Å²) in [5.41, 5.74) is 0.598. The van der Waals surface area contributed by atoms with E-state index in [1.165, 1.54) is 0 Å². The van der Waals surface area contributed by atoms with Crippen molar-refractivity contribution in [3.8, 4) is 0 Å². The fourth-order valence-electron chi connectivity index (χ4n) is 9.75. The zero-order chi connectivity index (χ0) is 18.2. The molecule has 0 amide bonds. The number of Topliss-reactive ketones (excluding diaryl/α,β-unsaturated/α-hetero) is 1. The zero-order valence-corrected chi connectivity index (χ0v) is 15.9. The van der Waals surface area contributed by atoms with Crippen LogP contribution in [0.25, 0.3) is 0 Å². The maximum Gasteiger partial charge on any atom is 0.140 e. The topological polar surface area (TPSA) is 60.8 Å². The molecule has 1 aliphatic heterocycles. The molecule has 4 unspecified atom stereocenters. The first-order valence-electron chi connectivity index (χ1n) is 10.6. The molecule has 0 aromatic rings. The number of hydrogen-bond acceptors (Lipinski definition) is 4. The van der Waals surface area contributed by atoms with E-state index in [0.29, 0.717) is 24.3 Å². The third-order valence-corrected chi connectivity index (χ3v) is 10.4. The van der Waals surface area contributed by atoms with Crippen LogP contribution in [0.2, 0.25) is 0 Å². The van der Waals surface area contributed by atoms with Crippen LogP contribution in [0.15, 0.2) is 12.2 Å². The Morgan fingerprint density at radius 2 is 2.08 bits per heavy atom. The molecule has 6 rings (SSSR count). The number of ketones is 1. The average Bonchev–Trinajstić information content (AvgIpc) is 3.14. The molecule has 0 aromatic carbocycles. The van der Waals surface area contributed by atoms with Crippen LogP contribution in [0.3, 0.4) is 0 Å². The number of carbonyl (C=O) groups is 1. The maximum atomic E-state index is 13.0. The van der Waals surface area contributed by atoms with Gasteiger partial charge in [-0.3, -0.25) is 9.69 Å². The number of fused-ring (bicyclic) bond motifs is 1. The Balaban J connectivity index is 1.62. The van der Waals surface area contributed by atoms with Crippen LogP contribution < -0.4 is 0 Å². The highest BCUT2D eigenvalue weighted by Gasteiger charge is 2.85. The third kappa shape index (κ3) is 1.33. The summed E-state index contributed by atoms with van der Waals surface area (Å²) in [6.45, 7) is 10.9. The van der Waals surface area contributed by atoms with Crippen molar-refractivity contribution in [2.45, 2.75) is 64.2 Å². The standard InChI is InChI=1S/C22H31NO3/c1-4-23-10-20(3)6-5-17(25)22-15(20)7-13(18(22)23)21-9-12(11(2)19(21)26)14(24)8-16(21)22/h12-13,15-19,25-26H,2,4-10H2,1,3H3/t12?,13-,15?,16?,17-,18+,19+,20+,21?,22-/m0/s1. The van der Waals surface area contributed by atoms with Crippen molar-refractivity contribution in [1.29, 1.82) is 0 Å². The fraction of sp³-hybridized carbons (Fsp3) is 0.864. The van der Waals surface area contributed by atoms with Crippen LogP contribution >= 0.6 is 0 Å². The van der Waals surface area contributed by atoms with E-state index in [1.54, 1.807) is 0 Å². The lowest BCUT2D eigenvalue weighted by Gasteiger charge is -2.65. The van der Waals surface area contributed by atoms with Crippen molar-refractivity contribution in [1.82, 2.24) is 4.90 Å². The largest absolute Gasteiger partial charge is 0.392 e. The number of rotatable bonds is 1. The van der Waals surface area contributed by atoms with Gasteiger partial charge in [-0.15, -0.1) is 0 Å². The minimum Gasteiger partial charge on any atom is -0.392 e. The number of aliphatic hydroxyl groups excluding tert-OH is 2. The van der Waals surface area contributed by atoms with Crippen LogP contribution in [-0.2, 0) is 4.79 Å². The molecule has 6 fully saturated rings. The van der Waals surface area contributed by atoms with Gasteiger partial charge in [0.15, 0.2) is 0 Å². The van der Waals surface area contributed by atoms with Crippen molar-refractivity contribution in [3.63, 3.8) is 0 Å². The van der Waals surface area contributed by atoms with Gasteiger partial charge in [-0.05, 0) is 61.0 Å². The summed E-state index contributed by atoms with van der Waals surface area (Å²) in [6.07, 6.45) is 3.50. The Morgan fingerprint density at radius 3 is 2.81 bits per heavy atom. The van der Waals surface area contributed by atoms with Crippen LogP contribution in [-0.4, -0.2) is 52.2 Å². The second-order valence-corrected chi connectivity index (χ2v) is 10.7. The minimum atomic E-state index is -0.561. The van der Waals surface area contributed by atoms with Crippen LogP contribution in [0.5, 0.6) is 0 Å². The van der Waals surface area contributed by atoms with E-state index >= 15 is 0 Å². The highest BCUT2D eigenvalue weighted by Crippen LogP contribution is 2.83. The molecule has 4 nitrogen and oxygen atoms in total. The molecule has 0 radical (unpaired) electrons. The molecule has 1 saturated heterocycles. The van der Waals surface area contributed by atoms with Crippen molar-refractivity contribution < 1.29 is 15.0 Å². The van der Waals surface area contributed by atoms with E-state index in [0.717, 1.165) is 44.3 Å². The number of aliphatic hydroxyl groups is 2.